The summed E-state index contributed by atoms with van der Waals surface area (Å²) in [5, 5.41) is 3.12. The van der Waals surface area contributed by atoms with E-state index in [9.17, 15) is 4.79 Å². The Morgan fingerprint density at radius 2 is 1.23 bits per heavy atom. The van der Waals surface area contributed by atoms with E-state index in [1.54, 1.807) is 0 Å². The van der Waals surface area contributed by atoms with Crippen molar-refractivity contribution in [3.05, 3.63) is 36.5 Å². The molecule has 0 aliphatic heterocycles. The fraction of sp³-hybridized carbons (Fsp3) is 0.775. The highest BCUT2D eigenvalue weighted by Crippen LogP contribution is 2.20. The second kappa shape index (κ2) is 34.7. The van der Waals surface area contributed by atoms with E-state index in [0.29, 0.717) is 6.42 Å². The summed E-state index contributed by atoms with van der Waals surface area (Å²) >= 11 is 0. The molecule has 0 aliphatic carbocycles. The third-order valence-corrected chi connectivity index (χ3v) is 8.00. The third kappa shape index (κ3) is 33.0. The standard InChI is InChI=1S/C40H71NO2/c1-5-7-9-11-13-15-17-19-21-23-25-27-32-38(3)33-29-30-35-39(43-40(42)36-31-37-41-4)34-28-26-24-22-20-18-16-14-12-10-8-6-2/h7,9,13,15,19,21,38-39,41H,5-6,8,11,14,16-18,20,22-37H2,1-4H3/b9-7+,15-13-,21-19-. The van der Waals surface area contributed by atoms with Crippen molar-refractivity contribution >= 4 is 5.97 Å². The van der Waals surface area contributed by atoms with Crippen molar-refractivity contribution in [2.75, 3.05) is 13.6 Å². The summed E-state index contributed by atoms with van der Waals surface area (Å²) in [6, 6.07) is 0. The lowest BCUT2D eigenvalue weighted by Crippen LogP contribution is -2.19. The van der Waals surface area contributed by atoms with Crippen molar-refractivity contribution in [2.45, 2.75) is 181 Å². The number of nitrogens with one attached hydrogen (secondary N) is 1. The quantitative estimate of drug-likeness (QED) is 0.0387. The van der Waals surface area contributed by atoms with Crippen LogP contribution in [0.3, 0.4) is 0 Å². The molecule has 0 aromatic heterocycles. The van der Waals surface area contributed by atoms with Gasteiger partial charge in [0.05, 0.1) is 0 Å². The largest absolute Gasteiger partial charge is 0.462 e. The maximum atomic E-state index is 12.4. The van der Waals surface area contributed by atoms with Crippen LogP contribution in [0.25, 0.3) is 0 Å². The summed E-state index contributed by atoms with van der Waals surface area (Å²) in [5.41, 5.74) is 0. The van der Waals surface area contributed by atoms with Gasteiger partial charge in [0.25, 0.3) is 0 Å². The van der Waals surface area contributed by atoms with Crippen molar-refractivity contribution in [3.8, 4) is 11.8 Å². The van der Waals surface area contributed by atoms with E-state index < -0.39 is 0 Å². The lowest BCUT2D eigenvalue weighted by atomic mass is 9.95. The zero-order chi connectivity index (χ0) is 31.5. The van der Waals surface area contributed by atoms with E-state index >= 15 is 0 Å². The Hall–Kier alpha value is -1.79. The first-order chi connectivity index (χ1) is 21.1. The number of hydrogen-bond donors (Lipinski definition) is 1. The Morgan fingerprint density at radius 3 is 1.91 bits per heavy atom. The normalized spacial score (nSPS) is 13.1. The summed E-state index contributed by atoms with van der Waals surface area (Å²) in [6.45, 7) is 7.64. The van der Waals surface area contributed by atoms with Gasteiger partial charge in [-0.3, -0.25) is 4.79 Å². The predicted octanol–water partition coefficient (Wildman–Crippen LogP) is 11.8. The molecule has 0 heterocycles. The highest BCUT2D eigenvalue weighted by Gasteiger charge is 2.14. The molecule has 2 atom stereocenters. The molecule has 0 aromatic rings. The van der Waals surface area contributed by atoms with Crippen LogP contribution in [0.4, 0.5) is 0 Å². The molecule has 248 valence electrons. The number of ether oxygens (including phenoxy) is 1. The smallest absolute Gasteiger partial charge is 0.306 e. The first-order valence-electron chi connectivity index (χ1n) is 18.4. The summed E-state index contributed by atoms with van der Waals surface area (Å²) in [6.07, 6.45) is 41.5. The van der Waals surface area contributed by atoms with Gasteiger partial charge in [-0.15, -0.1) is 11.8 Å². The Kier molecular flexibility index (Phi) is 33.3. The highest BCUT2D eigenvalue weighted by molar-refractivity contribution is 5.69. The molecule has 43 heavy (non-hydrogen) atoms. The molecular weight excluding hydrogens is 526 g/mol. The summed E-state index contributed by atoms with van der Waals surface area (Å²) in [7, 11) is 1.93. The van der Waals surface area contributed by atoms with Gasteiger partial charge in [0.2, 0.25) is 0 Å². The fourth-order valence-electron chi connectivity index (χ4n) is 5.28. The maximum Gasteiger partial charge on any atom is 0.306 e. The molecule has 0 amide bonds. The van der Waals surface area contributed by atoms with Gasteiger partial charge in [0.15, 0.2) is 0 Å². The average Bonchev–Trinajstić information content (AvgIpc) is 3.00. The summed E-state index contributed by atoms with van der Waals surface area (Å²) < 4.78 is 5.96. The molecule has 3 nitrogen and oxygen atoms in total. The minimum absolute atomic E-state index is 0.00939. The van der Waals surface area contributed by atoms with Crippen molar-refractivity contribution in [1.82, 2.24) is 5.32 Å². The molecule has 0 bridgehead atoms. The van der Waals surface area contributed by atoms with Crippen LogP contribution < -0.4 is 5.32 Å². The molecule has 0 spiro atoms. The molecule has 2 unspecified atom stereocenters. The summed E-state index contributed by atoms with van der Waals surface area (Å²) in [5.74, 6) is 7.32. The predicted molar refractivity (Wildman–Crippen MR) is 190 cm³/mol. The van der Waals surface area contributed by atoms with Crippen LogP contribution in [-0.4, -0.2) is 25.7 Å². The van der Waals surface area contributed by atoms with Gasteiger partial charge in [-0.05, 0) is 96.6 Å². The molecule has 0 fully saturated rings. The minimum atomic E-state index is -0.00939. The number of carbonyl (C=O) groups excluding carboxylic acids is 1. The minimum Gasteiger partial charge on any atom is -0.462 e. The highest BCUT2D eigenvalue weighted by atomic mass is 16.5. The van der Waals surface area contributed by atoms with Gasteiger partial charge in [-0.25, -0.2) is 0 Å². The van der Waals surface area contributed by atoms with Gasteiger partial charge in [-0.2, -0.15) is 0 Å². The van der Waals surface area contributed by atoms with Gasteiger partial charge in [0, 0.05) is 19.3 Å². The first kappa shape index (κ1) is 41.2. The van der Waals surface area contributed by atoms with E-state index in [-0.39, 0.29) is 12.1 Å². The third-order valence-electron chi connectivity index (χ3n) is 8.00. The molecule has 3 heteroatoms. The van der Waals surface area contributed by atoms with Crippen LogP contribution in [-0.2, 0) is 9.53 Å². The van der Waals surface area contributed by atoms with Crippen LogP contribution in [0.2, 0.25) is 0 Å². The molecule has 0 saturated heterocycles. The number of esters is 1. The number of rotatable bonds is 30. The van der Waals surface area contributed by atoms with Gasteiger partial charge < -0.3 is 10.1 Å². The zero-order valence-electron chi connectivity index (χ0n) is 29.1. The molecule has 0 saturated carbocycles. The van der Waals surface area contributed by atoms with Crippen molar-refractivity contribution in [3.63, 3.8) is 0 Å². The molecule has 0 rings (SSSR count). The van der Waals surface area contributed by atoms with Crippen LogP contribution in [0.5, 0.6) is 0 Å². The Balaban J connectivity index is 4.06. The van der Waals surface area contributed by atoms with Crippen LogP contribution >= 0.6 is 0 Å². The number of unbranched alkanes of at least 4 members (excludes halogenated alkanes) is 11. The van der Waals surface area contributed by atoms with E-state index in [1.807, 2.05) is 7.05 Å². The fourth-order valence-corrected chi connectivity index (χ4v) is 5.28. The monoisotopic (exact) mass is 598 g/mol. The Labute approximate surface area is 269 Å². The van der Waals surface area contributed by atoms with Crippen LogP contribution in [0.15, 0.2) is 36.5 Å². The molecular formula is C40H71NO2. The molecule has 0 radical (unpaired) electrons. The average molecular weight is 598 g/mol. The molecule has 0 aliphatic rings. The van der Waals surface area contributed by atoms with Crippen LogP contribution in [0, 0.1) is 17.8 Å². The van der Waals surface area contributed by atoms with E-state index in [2.05, 4.69) is 74.4 Å². The van der Waals surface area contributed by atoms with E-state index in [1.165, 1.54) is 89.9 Å². The number of allylic oxidation sites excluding steroid dienone is 6. The van der Waals surface area contributed by atoms with Crippen molar-refractivity contribution < 1.29 is 9.53 Å². The second-order valence-electron chi connectivity index (χ2n) is 12.4. The van der Waals surface area contributed by atoms with Gasteiger partial charge >= 0.3 is 5.97 Å². The van der Waals surface area contributed by atoms with Crippen LogP contribution in [0.1, 0.15) is 175 Å². The zero-order valence-corrected chi connectivity index (χ0v) is 29.1. The van der Waals surface area contributed by atoms with Gasteiger partial charge in [-0.1, -0.05) is 115 Å². The number of carbonyl (C=O) groups is 1. The summed E-state index contributed by atoms with van der Waals surface area (Å²) in [4.78, 5) is 12.4. The second-order valence-corrected chi connectivity index (χ2v) is 12.4. The van der Waals surface area contributed by atoms with Crippen molar-refractivity contribution in [1.29, 1.82) is 0 Å². The van der Waals surface area contributed by atoms with Crippen molar-refractivity contribution in [2.24, 2.45) is 5.92 Å². The molecule has 0 aromatic carbocycles. The van der Waals surface area contributed by atoms with E-state index in [0.717, 1.165) is 70.3 Å². The topological polar surface area (TPSA) is 38.3 Å². The molecule has 1 N–H and O–H groups in total. The van der Waals surface area contributed by atoms with Gasteiger partial charge in [0.1, 0.15) is 6.10 Å². The lowest BCUT2D eigenvalue weighted by molar-refractivity contribution is -0.150. The Bertz CT molecular complexity index is 741. The lowest BCUT2D eigenvalue weighted by Gasteiger charge is -2.19. The first-order valence-corrected chi connectivity index (χ1v) is 18.4. The Morgan fingerprint density at radius 1 is 0.674 bits per heavy atom. The number of hydrogen-bond acceptors (Lipinski definition) is 3. The SMILES string of the molecule is CC/C=C/C/C=C\C/C=C\CCCCC(C)CCCCC(CCCCCCCCCC#CCCC)OC(=O)CCCNC. The van der Waals surface area contributed by atoms with E-state index in [4.69, 9.17) is 4.74 Å². The maximum absolute atomic E-state index is 12.4.